The molecule has 4 N–H and O–H groups in total. The first-order valence-electron chi connectivity index (χ1n) is 6.47. The van der Waals surface area contributed by atoms with Gasteiger partial charge in [0, 0.05) is 25.0 Å². The molecule has 1 aromatic carbocycles. The maximum Gasteiger partial charge on any atom is 0.240 e. The number of anilines is 2. The zero-order valence-corrected chi connectivity index (χ0v) is 12.8. The van der Waals surface area contributed by atoms with E-state index in [-0.39, 0.29) is 10.9 Å². The third kappa shape index (κ3) is 3.73. The standard InChI is InChI=1S/C13H19N5O2S/c1-10(8-18-6-5-16-9-18)17-13-4-3-11(7-12(13)14)21(19,20)15-2/h3-7,9-10,15,17H,8,14H2,1-2H3. The summed E-state index contributed by atoms with van der Waals surface area (Å²) in [6, 6.07) is 4.75. The Kier molecular flexibility index (Phi) is 4.49. The molecule has 21 heavy (non-hydrogen) atoms. The summed E-state index contributed by atoms with van der Waals surface area (Å²) in [6.07, 6.45) is 5.34. The number of hydrogen-bond acceptors (Lipinski definition) is 5. The summed E-state index contributed by atoms with van der Waals surface area (Å²) >= 11 is 0. The van der Waals surface area contributed by atoms with Crippen molar-refractivity contribution >= 4 is 21.4 Å². The summed E-state index contributed by atoms with van der Waals surface area (Å²) < 4.78 is 27.6. The van der Waals surface area contributed by atoms with Crippen molar-refractivity contribution in [1.82, 2.24) is 14.3 Å². The van der Waals surface area contributed by atoms with Crippen molar-refractivity contribution in [3.8, 4) is 0 Å². The van der Waals surface area contributed by atoms with Gasteiger partial charge in [-0.1, -0.05) is 0 Å². The van der Waals surface area contributed by atoms with E-state index in [1.165, 1.54) is 19.2 Å². The van der Waals surface area contributed by atoms with Gasteiger partial charge >= 0.3 is 0 Å². The molecule has 0 amide bonds. The molecule has 0 radical (unpaired) electrons. The van der Waals surface area contributed by atoms with Crippen LogP contribution in [0, 0.1) is 0 Å². The lowest BCUT2D eigenvalue weighted by Crippen LogP contribution is -2.22. The van der Waals surface area contributed by atoms with Crippen molar-refractivity contribution in [1.29, 1.82) is 0 Å². The van der Waals surface area contributed by atoms with Gasteiger partial charge in [0.15, 0.2) is 0 Å². The predicted octanol–water partition coefficient (Wildman–Crippen LogP) is 0.874. The van der Waals surface area contributed by atoms with Gasteiger partial charge < -0.3 is 15.6 Å². The molecule has 0 spiro atoms. The van der Waals surface area contributed by atoms with E-state index in [0.29, 0.717) is 11.4 Å². The second-order valence-corrected chi connectivity index (χ2v) is 6.65. The van der Waals surface area contributed by atoms with Crippen LogP contribution >= 0.6 is 0 Å². The van der Waals surface area contributed by atoms with Crippen LogP contribution in [0.5, 0.6) is 0 Å². The number of rotatable bonds is 6. The third-order valence-electron chi connectivity index (χ3n) is 3.05. The Balaban J connectivity index is 2.11. The zero-order valence-electron chi connectivity index (χ0n) is 11.9. The number of benzene rings is 1. The van der Waals surface area contributed by atoms with Crippen LogP contribution in [0.25, 0.3) is 0 Å². The van der Waals surface area contributed by atoms with E-state index in [9.17, 15) is 8.42 Å². The maximum absolute atomic E-state index is 11.7. The monoisotopic (exact) mass is 309 g/mol. The van der Waals surface area contributed by atoms with Crippen LogP contribution in [0.2, 0.25) is 0 Å². The smallest absolute Gasteiger partial charge is 0.240 e. The molecule has 0 aliphatic carbocycles. The Morgan fingerprint density at radius 2 is 2.19 bits per heavy atom. The lowest BCUT2D eigenvalue weighted by atomic mass is 10.2. The van der Waals surface area contributed by atoms with E-state index in [2.05, 4.69) is 15.0 Å². The van der Waals surface area contributed by atoms with E-state index in [1.54, 1.807) is 18.6 Å². The number of nitrogen functional groups attached to an aromatic ring is 1. The van der Waals surface area contributed by atoms with Crippen LogP contribution in [0.4, 0.5) is 11.4 Å². The molecule has 1 unspecified atom stereocenters. The van der Waals surface area contributed by atoms with Gasteiger partial charge in [-0.2, -0.15) is 0 Å². The highest BCUT2D eigenvalue weighted by Crippen LogP contribution is 2.23. The molecule has 1 atom stereocenters. The van der Waals surface area contributed by atoms with E-state index >= 15 is 0 Å². The van der Waals surface area contributed by atoms with Crippen molar-refractivity contribution in [2.45, 2.75) is 24.4 Å². The van der Waals surface area contributed by atoms with Gasteiger partial charge in [-0.3, -0.25) is 0 Å². The minimum Gasteiger partial charge on any atom is -0.397 e. The molecular weight excluding hydrogens is 290 g/mol. The quantitative estimate of drug-likeness (QED) is 0.687. The summed E-state index contributed by atoms with van der Waals surface area (Å²) in [6.45, 7) is 2.74. The molecule has 2 aromatic rings. The fourth-order valence-electron chi connectivity index (χ4n) is 1.98. The summed E-state index contributed by atoms with van der Waals surface area (Å²) in [7, 11) is -2.11. The summed E-state index contributed by atoms with van der Waals surface area (Å²) in [5.41, 5.74) is 7.02. The van der Waals surface area contributed by atoms with Crippen molar-refractivity contribution in [2.75, 3.05) is 18.1 Å². The number of nitrogens with zero attached hydrogens (tertiary/aromatic N) is 2. The van der Waals surface area contributed by atoms with Gasteiger partial charge in [0.05, 0.1) is 22.6 Å². The highest BCUT2D eigenvalue weighted by Gasteiger charge is 2.13. The Bertz CT molecular complexity index is 697. The number of nitrogens with one attached hydrogen (secondary N) is 2. The number of sulfonamides is 1. The Morgan fingerprint density at radius 1 is 1.43 bits per heavy atom. The molecule has 0 saturated carbocycles. The van der Waals surface area contributed by atoms with Gasteiger partial charge in [-0.25, -0.2) is 18.1 Å². The SMILES string of the molecule is CNS(=O)(=O)c1ccc(NC(C)Cn2ccnc2)c(N)c1. The minimum atomic E-state index is -3.48. The second kappa shape index (κ2) is 6.15. The summed E-state index contributed by atoms with van der Waals surface area (Å²) in [4.78, 5) is 4.13. The van der Waals surface area contributed by atoms with Gasteiger partial charge in [-0.15, -0.1) is 0 Å². The number of aromatic nitrogens is 2. The Hall–Kier alpha value is -2.06. The van der Waals surface area contributed by atoms with E-state index in [0.717, 1.165) is 6.54 Å². The molecule has 7 nitrogen and oxygen atoms in total. The van der Waals surface area contributed by atoms with E-state index in [4.69, 9.17) is 5.73 Å². The van der Waals surface area contributed by atoms with Crippen LogP contribution in [0.15, 0.2) is 41.8 Å². The van der Waals surface area contributed by atoms with Gasteiger partial charge in [-0.05, 0) is 32.2 Å². The van der Waals surface area contributed by atoms with Crippen LogP contribution in [-0.2, 0) is 16.6 Å². The molecule has 0 bridgehead atoms. The molecule has 0 aliphatic heterocycles. The summed E-state index contributed by atoms with van der Waals surface area (Å²) in [5.74, 6) is 0. The molecule has 1 aromatic heterocycles. The number of imidazole rings is 1. The van der Waals surface area contributed by atoms with Gasteiger partial charge in [0.2, 0.25) is 10.0 Å². The first kappa shape index (κ1) is 15.3. The van der Waals surface area contributed by atoms with Crippen LogP contribution in [-0.4, -0.2) is 31.1 Å². The fraction of sp³-hybridized carbons (Fsp3) is 0.308. The highest BCUT2D eigenvalue weighted by molar-refractivity contribution is 7.89. The topological polar surface area (TPSA) is 102 Å². The normalized spacial score (nSPS) is 13.0. The van der Waals surface area contributed by atoms with Crippen molar-refractivity contribution in [3.63, 3.8) is 0 Å². The molecule has 0 fully saturated rings. The van der Waals surface area contributed by atoms with Gasteiger partial charge in [0.1, 0.15) is 0 Å². The average molecular weight is 309 g/mol. The van der Waals surface area contributed by atoms with Crippen LogP contribution < -0.4 is 15.8 Å². The number of hydrogen-bond donors (Lipinski definition) is 3. The van der Waals surface area contributed by atoms with Crippen LogP contribution in [0.1, 0.15) is 6.92 Å². The van der Waals surface area contributed by atoms with E-state index < -0.39 is 10.0 Å². The van der Waals surface area contributed by atoms with Gasteiger partial charge in [0.25, 0.3) is 0 Å². The molecule has 1 heterocycles. The minimum absolute atomic E-state index is 0.119. The maximum atomic E-state index is 11.7. The first-order chi connectivity index (χ1) is 9.92. The lowest BCUT2D eigenvalue weighted by molar-refractivity contribution is 0.588. The Morgan fingerprint density at radius 3 is 2.76 bits per heavy atom. The summed E-state index contributed by atoms with van der Waals surface area (Å²) in [5, 5.41) is 3.26. The largest absolute Gasteiger partial charge is 0.397 e. The van der Waals surface area contributed by atoms with Crippen molar-refractivity contribution in [2.24, 2.45) is 0 Å². The second-order valence-electron chi connectivity index (χ2n) is 4.76. The Labute approximate surface area is 124 Å². The molecule has 114 valence electrons. The van der Waals surface area contributed by atoms with Crippen molar-refractivity contribution in [3.05, 3.63) is 36.9 Å². The fourth-order valence-corrected chi connectivity index (χ4v) is 2.74. The predicted molar refractivity (Wildman–Crippen MR) is 82.4 cm³/mol. The first-order valence-corrected chi connectivity index (χ1v) is 7.96. The molecule has 2 rings (SSSR count). The zero-order chi connectivity index (χ0) is 15.5. The molecule has 8 heteroatoms. The van der Waals surface area contributed by atoms with E-state index in [1.807, 2.05) is 17.7 Å². The molecule has 0 aliphatic rings. The third-order valence-corrected chi connectivity index (χ3v) is 4.46. The number of nitrogens with two attached hydrogens (primary N) is 1. The highest BCUT2D eigenvalue weighted by atomic mass is 32.2. The average Bonchev–Trinajstić information content (AvgIpc) is 2.93. The molecule has 0 saturated heterocycles. The lowest BCUT2D eigenvalue weighted by Gasteiger charge is -2.17. The molecular formula is C13H19N5O2S. The van der Waals surface area contributed by atoms with Crippen molar-refractivity contribution < 1.29 is 8.42 Å². The van der Waals surface area contributed by atoms with Crippen LogP contribution in [0.3, 0.4) is 0 Å².